The van der Waals surface area contributed by atoms with E-state index in [1.165, 1.54) is 5.39 Å². The average Bonchev–Trinajstić information content (AvgIpc) is 3.74. The summed E-state index contributed by atoms with van der Waals surface area (Å²) in [5.74, 6) is 2.63. The standard InChI is InChI=1S/C42H26N4O2/c1-2-12-26(13-3-1)40-44-41(31-17-10-20-35-36(31)29-15-6-8-18-33(29)47-35)46-42(45-40)32-24-43-38(28-22-21-25-11-4-5-14-27(25)23-28)39-37(32)30-16-7-9-19-34(30)48-39/h1-24,29,33H. The molecule has 0 bridgehead atoms. The Morgan fingerprint density at radius 1 is 0.583 bits per heavy atom. The topological polar surface area (TPSA) is 73.9 Å². The average molecular weight is 619 g/mol. The molecule has 0 N–H and O–H groups in total. The molecular formula is C42H26N4O2. The Balaban J connectivity index is 1.23. The van der Waals surface area contributed by atoms with Crippen LogP contribution in [0.5, 0.6) is 5.75 Å². The summed E-state index contributed by atoms with van der Waals surface area (Å²) >= 11 is 0. The van der Waals surface area contributed by atoms with E-state index >= 15 is 0 Å². The number of furan rings is 1. The molecule has 226 valence electrons. The van der Waals surface area contributed by atoms with Gasteiger partial charge in [0.05, 0.1) is 0 Å². The highest BCUT2D eigenvalue weighted by atomic mass is 16.5. The van der Waals surface area contributed by atoms with Gasteiger partial charge in [-0.25, -0.2) is 15.0 Å². The number of hydrogen-bond donors (Lipinski definition) is 0. The maximum atomic E-state index is 6.60. The molecule has 1 aliphatic heterocycles. The summed E-state index contributed by atoms with van der Waals surface area (Å²) in [5, 5.41) is 4.21. The van der Waals surface area contributed by atoms with Crippen LogP contribution in [0.4, 0.5) is 0 Å². The molecule has 6 nitrogen and oxygen atoms in total. The van der Waals surface area contributed by atoms with Crippen molar-refractivity contribution in [3.63, 3.8) is 0 Å². The zero-order chi connectivity index (χ0) is 31.6. The Kier molecular flexibility index (Phi) is 5.90. The molecular weight excluding hydrogens is 592 g/mol. The van der Waals surface area contributed by atoms with Gasteiger partial charge in [-0.3, -0.25) is 4.98 Å². The van der Waals surface area contributed by atoms with Crippen molar-refractivity contribution in [3.8, 4) is 51.2 Å². The fourth-order valence-electron chi connectivity index (χ4n) is 7.07. The molecule has 2 aliphatic rings. The summed E-state index contributed by atoms with van der Waals surface area (Å²) < 4.78 is 12.9. The van der Waals surface area contributed by atoms with Crippen LogP contribution in [0.2, 0.25) is 0 Å². The fourth-order valence-corrected chi connectivity index (χ4v) is 7.07. The number of para-hydroxylation sites is 1. The van der Waals surface area contributed by atoms with Gasteiger partial charge >= 0.3 is 0 Å². The Morgan fingerprint density at radius 3 is 2.27 bits per heavy atom. The Morgan fingerprint density at radius 2 is 1.35 bits per heavy atom. The van der Waals surface area contributed by atoms with Crippen molar-refractivity contribution in [1.82, 2.24) is 19.9 Å². The van der Waals surface area contributed by atoms with Gasteiger partial charge in [-0.2, -0.15) is 0 Å². The molecule has 4 heterocycles. The number of hydrogen-bond acceptors (Lipinski definition) is 6. The van der Waals surface area contributed by atoms with Crippen LogP contribution in [-0.4, -0.2) is 26.0 Å². The molecule has 10 rings (SSSR count). The van der Waals surface area contributed by atoms with Gasteiger partial charge in [0, 0.05) is 50.7 Å². The molecule has 0 saturated heterocycles. The molecule has 0 saturated carbocycles. The molecule has 5 aromatic carbocycles. The zero-order valence-electron chi connectivity index (χ0n) is 25.6. The first kappa shape index (κ1) is 26.8. The third kappa shape index (κ3) is 4.19. The lowest BCUT2D eigenvalue weighted by Gasteiger charge is -2.16. The second-order valence-electron chi connectivity index (χ2n) is 12.2. The minimum Gasteiger partial charge on any atom is -0.485 e. The maximum absolute atomic E-state index is 6.60. The van der Waals surface area contributed by atoms with Gasteiger partial charge in [-0.05, 0) is 35.0 Å². The quantitative estimate of drug-likeness (QED) is 0.195. The number of allylic oxidation sites excluding steroid dienone is 2. The lowest BCUT2D eigenvalue weighted by Crippen LogP contribution is -2.16. The predicted octanol–water partition coefficient (Wildman–Crippen LogP) is 9.96. The molecule has 0 amide bonds. The Hall–Kier alpha value is -6.40. The largest absolute Gasteiger partial charge is 0.485 e. The smallest absolute Gasteiger partial charge is 0.166 e. The van der Waals surface area contributed by atoms with Crippen molar-refractivity contribution < 1.29 is 9.15 Å². The number of pyridine rings is 1. The van der Waals surface area contributed by atoms with Crippen LogP contribution < -0.4 is 4.74 Å². The first-order chi connectivity index (χ1) is 23.8. The molecule has 48 heavy (non-hydrogen) atoms. The van der Waals surface area contributed by atoms with Gasteiger partial charge in [-0.1, -0.05) is 115 Å². The monoisotopic (exact) mass is 618 g/mol. The van der Waals surface area contributed by atoms with Crippen LogP contribution in [0.25, 0.3) is 78.1 Å². The third-order valence-electron chi connectivity index (χ3n) is 9.32. The SMILES string of the molecule is C1=CC2Oc3cccc(-c4nc(-c5ccccc5)nc(-c5cnc(-c6ccc7ccccc7c6)c6oc7ccccc7c56)n4)c3C2C=C1. The third-order valence-corrected chi connectivity index (χ3v) is 9.32. The van der Waals surface area contributed by atoms with Crippen LogP contribution in [0.3, 0.4) is 0 Å². The van der Waals surface area contributed by atoms with E-state index in [9.17, 15) is 0 Å². The minimum atomic E-state index is -0.0511. The maximum Gasteiger partial charge on any atom is 0.166 e. The van der Waals surface area contributed by atoms with E-state index < -0.39 is 0 Å². The van der Waals surface area contributed by atoms with Crippen molar-refractivity contribution in [2.24, 2.45) is 0 Å². The number of aromatic nitrogens is 4. The number of benzene rings is 5. The van der Waals surface area contributed by atoms with Crippen LogP contribution in [-0.2, 0) is 0 Å². The molecule has 3 aromatic heterocycles. The van der Waals surface area contributed by atoms with Gasteiger partial charge in [0.15, 0.2) is 23.1 Å². The molecule has 0 radical (unpaired) electrons. The predicted molar refractivity (Wildman–Crippen MR) is 190 cm³/mol. The summed E-state index contributed by atoms with van der Waals surface area (Å²) in [6.45, 7) is 0. The summed E-state index contributed by atoms with van der Waals surface area (Å²) in [6.07, 6.45) is 10.2. The second-order valence-corrected chi connectivity index (χ2v) is 12.2. The normalized spacial score (nSPS) is 16.3. The molecule has 6 heteroatoms. The molecule has 2 atom stereocenters. The van der Waals surface area contributed by atoms with E-state index in [4.69, 9.17) is 29.1 Å². The Labute approximate surface area is 275 Å². The van der Waals surface area contributed by atoms with E-state index in [-0.39, 0.29) is 12.0 Å². The number of nitrogens with zero attached hydrogens (tertiary/aromatic N) is 4. The summed E-state index contributed by atoms with van der Waals surface area (Å²) in [7, 11) is 0. The van der Waals surface area contributed by atoms with Crippen molar-refractivity contribution in [3.05, 3.63) is 151 Å². The highest BCUT2D eigenvalue weighted by Gasteiger charge is 2.35. The van der Waals surface area contributed by atoms with Gasteiger partial charge in [-0.15, -0.1) is 0 Å². The van der Waals surface area contributed by atoms with Crippen molar-refractivity contribution in [2.75, 3.05) is 0 Å². The van der Waals surface area contributed by atoms with Crippen molar-refractivity contribution in [1.29, 1.82) is 0 Å². The first-order valence-electron chi connectivity index (χ1n) is 16.0. The summed E-state index contributed by atoms with van der Waals surface area (Å²) in [5.41, 5.74) is 6.92. The first-order valence-corrected chi connectivity index (χ1v) is 16.0. The highest BCUT2D eigenvalue weighted by Crippen LogP contribution is 2.46. The van der Waals surface area contributed by atoms with E-state index in [1.807, 2.05) is 72.9 Å². The van der Waals surface area contributed by atoms with Crippen LogP contribution in [0.15, 0.2) is 150 Å². The number of fused-ring (bicyclic) bond motifs is 7. The van der Waals surface area contributed by atoms with Crippen LogP contribution in [0.1, 0.15) is 11.5 Å². The van der Waals surface area contributed by atoms with Gasteiger partial charge < -0.3 is 9.15 Å². The zero-order valence-corrected chi connectivity index (χ0v) is 25.6. The van der Waals surface area contributed by atoms with Gasteiger partial charge in [0.1, 0.15) is 23.1 Å². The van der Waals surface area contributed by atoms with E-state index in [2.05, 4.69) is 72.8 Å². The van der Waals surface area contributed by atoms with Crippen LogP contribution >= 0.6 is 0 Å². The molecule has 8 aromatic rings. The lowest BCUT2D eigenvalue weighted by molar-refractivity contribution is 0.269. The summed E-state index contributed by atoms with van der Waals surface area (Å²) in [6, 6.07) is 39.0. The minimum absolute atomic E-state index is 0.0511. The number of rotatable bonds is 4. The Bertz CT molecular complexity index is 2620. The summed E-state index contributed by atoms with van der Waals surface area (Å²) in [4.78, 5) is 20.4. The van der Waals surface area contributed by atoms with E-state index in [1.54, 1.807) is 0 Å². The van der Waals surface area contributed by atoms with E-state index in [0.29, 0.717) is 23.1 Å². The molecule has 0 spiro atoms. The van der Waals surface area contributed by atoms with Crippen LogP contribution in [0, 0.1) is 0 Å². The fraction of sp³-hybridized carbons (Fsp3) is 0.0476. The number of ether oxygens (including phenoxy) is 1. The van der Waals surface area contributed by atoms with E-state index in [0.717, 1.165) is 61.0 Å². The second kappa shape index (κ2) is 10.6. The van der Waals surface area contributed by atoms with Crippen molar-refractivity contribution in [2.45, 2.75) is 12.0 Å². The molecule has 0 fully saturated rings. The lowest BCUT2D eigenvalue weighted by atomic mass is 9.88. The molecule has 1 aliphatic carbocycles. The highest BCUT2D eigenvalue weighted by molar-refractivity contribution is 6.15. The molecule has 2 unspecified atom stereocenters. The van der Waals surface area contributed by atoms with Crippen molar-refractivity contribution >= 4 is 32.7 Å². The van der Waals surface area contributed by atoms with Gasteiger partial charge in [0.2, 0.25) is 0 Å². The van der Waals surface area contributed by atoms with Gasteiger partial charge in [0.25, 0.3) is 0 Å².